The van der Waals surface area contributed by atoms with Crippen LogP contribution in [0.4, 0.5) is 0 Å². The van der Waals surface area contributed by atoms with Gasteiger partial charge in [0.15, 0.2) is 18.5 Å². The van der Waals surface area contributed by atoms with E-state index in [4.69, 9.17) is 34.0 Å². The van der Waals surface area contributed by atoms with Gasteiger partial charge >= 0.3 is 17.9 Å². The molecule has 14 heteroatoms. The van der Waals surface area contributed by atoms with E-state index in [-0.39, 0.29) is 33.0 Å². The summed E-state index contributed by atoms with van der Waals surface area (Å²) in [6.07, 6.45) is -4.58. The van der Waals surface area contributed by atoms with Crippen LogP contribution in [0.3, 0.4) is 0 Å². The molecule has 1 saturated heterocycles. The van der Waals surface area contributed by atoms with Gasteiger partial charge in [-0.05, 0) is 5.53 Å². The molecule has 0 aromatic heterocycles. The Morgan fingerprint density at radius 3 is 2.19 bits per heavy atom. The van der Waals surface area contributed by atoms with E-state index < -0.39 is 54.5 Å². The highest BCUT2D eigenvalue weighted by Gasteiger charge is 2.51. The van der Waals surface area contributed by atoms with Crippen LogP contribution in [0.5, 0.6) is 0 Å². The van der Waals surface area contributed by atoms with Gasteiger partial charge in [-0.3, -0.25) is 19.2 Å². The Hall–Kier alpha value is -2.93. The summed E-state index contributed by atoms with van der Waals surface area (Å²) < 4.78 is 32.4. The number of carbonyl (C=O) groups is 4. The maximum atomic E-state index is 11.8. The Balaban J connectivity index is 3.05. The molecule has 0 spiro atoms. The van der Waals surface area contributed by atoms with Crippen molar-refractivity contribution in [1.29, 1.82) is 0 Å². The fourth-order valence-electron chi connectivity index (χ4n) is 2.91. The summed E-state index contributed by atoms with van der Waals surface area (Å²) in [5, 5.41) is 5.91. The Labute approximate surface area is 184 Å². The van der Waals surface area contributed by atoms with Gasteiger partial charge in [-0.15, -0.1) is 0 Å². The number of azide groups is 1. The Bertz CT molecular complexity index is 712. The topological polar surface area (TPSA) is 184 Å². The fourth-order valence-corrected chi connectivity index (χ4v) is 2.91. The van der Waals surface area contributed by atoms with Gasteiger partial charge in [0, 0.05) is 39.2 Å². The van der Waals surface area contributed by atoms with Crippen molar-refractivity contribution in [3.8, 4) is 0 Å². The van der Waals surface area contributed by atoms with Gasteiger partial charge in [-0.2, -0.15) is 0 Å². The summed E-state index contributed by atoms with van der Waals surface area (Å²) in [7, 11) is 0. The SMILES string of the molecule is CC(=O)N[C@H]1[C@H](OCCOCCN=[N+]=[N-])O[C@H](COC(C)=O)[C@@H](OC(C)=O)[C@@H]1OC(C)=O. The molecule has 0 radical (unpaired) electrons. The largest absolute Gasteiger partial charge is 0.463 e. The monoisotopic (exact) mass is 460 g/mol. The summed E-state index contributed by atoms with van der Waals surface area (Å²) in [4.78, 5) is 49.1. The lowest BCUT2D eigenvalue weighted by Gasteiger charge is -2.44. The molecule has 1 rings (SSSR count). The average Bonchev–Trinajstić information content (AvgIpc) is 2.68. The fraction of sp³-hybridized carbons (Fsp3) is 0.778. The van der Waals surface area contributed by atoms with Gasteiger partial charge in [-0.1, -0.05) is 5.11 Å². The number of hydrogen-bond donors (Lipinski definition) is 1. The van der Waals surface area contributed by atoms with Crippen LogP contribution in [0, 0.1) is 0 Å². The van der Waals surface area contributed by atoms with E-state index >= 15 is 0 Å². The molecule has 1 aliphatic rings. The second kappa shape index (κ2) is 14.2. The molecular formula is C18H28N4O10. The molecule has 0 saturated carbocycles. The van der Waals surface area contributed by atoms with E-state index in [9.17, 15) is 19.2 Å². The summed E-state index contributed by atoms with van der Waals surface area (Å²) in [5.41, 5.74) is 8.23. The molecule has 1 N–H and O–H groups in total. The molecule has 1 heterocycles. The summed E-state index contributed by atoms with van der Waals surface area (Å²) in [6.45, 7) is 4.84. The third-order valence-electron chi connectivity index (χ3n) is 3.98. The minimum absolute atomic E-state index is 0.00231. The van der Waals surface area contributed by atoms with Crippen molar-refractivity contribution in [2.24, 2.45) is 5.11 Å². The smallest absolute Gasteiger partial charge is 0.303 e. The van der Waals surface area contributed by atoms with E-state index in [1.54, 1.807) is 0 Å². The van der Waals surface area contributed by atoms with E-state index in [0.29, 0.717) is 0 Å². The molecule has 0 aromatic carbocycles. The highest BCUT2D eigenvalue weighted by atomic mass is 16.7. The molecule has 14 nitrogen and oxygen atoms in total. The first-order valence-corrected chi connectivity index (χ1v) is 9.76. The van der Waals surface area contributed by atoms with E-state index in [2.05, 4.69) is 15.3 Å². The molecule has 0 unspecified atom stereocenters. The minimum Gasteiger partial charge on any atom is -0.463 e. The molecule has 32 heavy (non-hydrogen) atoms. The number of nitrogens with one attached hydrogen (secondary N) is 1. The highest BCUT2D eigenvalue weighted by Crippen LogP contribution is 2.28. The van der Waals surface area contributed by atoms with Crippen LogP contribution in [-0.2, 0) is 47.6 Å². The number of nitrogens with zero attached hydrogens (tertiary/aromatic N) is 3. The Morgan fingerprint density at radius 1 is 0.969 bits per heavy atom. The average molecular weight is 460 g/mol. The number of amides is 1. The molecule has 180 valence electrons. The van der Waals surface area contributed by atoms with Crippen molar-refractivity contribution in [3.05, 3.63) is 10.4 Å². The number of carbonyl (C=O) groups excluding carboxylic acids is 4. The van der Waals surface area contributed by atoms with Gasteiger partial charge in [0.25, 0.3) is 0 Å². The molecule has 0 bridgehead atoms. The predicted octanol–water partition coefficient (Wildman–Crippen LogP) is -0.0140. The predicted molar refractivity (Wildman–Crippen MR) is 105 cm³/mol. The molecule has 1 amide bonds. The molecule has 5 atom stereocenters. The van der Waals surface area contributed by atoms with Crippen LogP contribution in [0.25, 0.3) is 10.4 Å². The molecule has 1 fully saturated rings. The van der Waals surface area contributed by atoms with Crippen LogP contribution in [0.2, 0.25) is 0 Å². The second-order valence-corrected chi connectivity index (χ2v) is 6.66. The van der Waals surface area contributed by atoms with Crippen molar-refractivity contribution in [2.45, 2.75) is 58.3 Å². The van der Waals surface area contributed by atoms with Crippen LogP contribution >= 0.6 is 0 Å². The number of ether oxygens (including phenoxy) is 6. The van der Waals surface area contributed by atoms with E-state index in [0.717, 1.165) is 13.8 Å². The van der Waals surface area contributed by atoms with Crippen LogP contribution in [0.1, 0.15) is 27.7 Å². The van der Waals surface area contributed by atoms with Crippen LogP contribution in [0.15, 0.2) is 5.11 Å². The third-order valence-corrected chi connectivity index (χ3v) is 3.98. The maximum absolute atomic E-state index is 11.8. The number of rotatable bonds is 12. The first-order chi connectivity index (χ1) is 15.1. The molecule has 0 aliphatic carbocycles. The van der Waals surface area contributed by atoms with Gasteiger partial charge < -0.3 is 33.7 Å². The van der Waals surface area contributed by atoms with Gasteiger partial charge in [0.2, 0.25) is 5.91 Å². The minimum atomic E-state index is -1.19. The first kappa shape index (κ1) is 27.1. The molecule has 1 aliphatic heterocycles. The highest BCUT2D eigenvalue weighted by molar-refractivity contribution is 5.73. The molecule has 0 aromatic rings. The maximum Gasteiger partial charge on any atom is 0.303 e. The van der Waals surface area contributed by atoms with Crippen LogP contribution in [-0.4, -0.2) is 87.4 Å². The lowest BCUT2D eigenvalue weighted by Crippen LogP contribution is -2.66. The van der Waals surface area contributed by atoms with E-state index in [1.807, 2.05) is 0 Å². The molecular weight excluding hydrogens is 432 g/mol. The zero-order chi connectivity index (χ0) is 24.1. The van der Waals surface area contributed by atoms with Gasteiger partial charge in [-0.25, -0.2) is 0 Å². The normalized spacial score (nSPS) is 24.6. The third kappa shape index (κ3) is 9.92. The second-order valence-electron chi connectivity index (χ2n) is 6.66. The van der Waals surface area contributed by atoms with Crippen LogP contribution < -0.4 is 5.32 Å². The van der Waals surface area contributed by atoms with Crippen molar-refractivity contribution >= 4 is 23.8 Å². The van der Waals surface area contributed by atoms with Gasteiger partial charge in [0.1, 0.15) is 18.8 Å². The summed E-state index contributed by atoms with van der Waals surface area (Å²) in [5.74, 6) is -2.47. The van der Waals surface area contributed by atoms with Gasteiger partial charge in [0.05, 0.1) is 19.8 Å². The summed E-state index contributed by atoms with van der Waals surface area (Å²) >= 11 is 0. The zero-order valence-electron chi connectivity index (χ0n) is 18.3. The quantitative estimate of drug-likeness (QED) is 0.104. The lowest BCUT2D eigenvalue weighted by atomic mass is 9.96. The van der Waals surface area contributed by atoms with Crippen molar-refractivity contribution in [3.63, 3.8) is 0 Å². The first-order valence-electron chi connectivity index (χ1n) is 9.76. The van der Waals surface area contributed by atoms with Crippen molar-refractivity contribution in [1.82, 2.24) is 5.32 Å². The number of hydrogen-bond acceptors (Lipinski definition) is 11. The van der Waals surface area contributed by atoms with E-state index in [1.165, 1.54) is 13.8 Å². The number of esters is 3. The Morgan fingerprint density at radius 2 is 1.62 bits per heavy atom. The van der Waals surface area contributed by atoms with Crippen molar-refractivity contribution in [2.75, 3.05) is 33.0 Å². The lowest BCUT2D eigenvalue weighted by molar-refractivity contribution is -0.279. The zero-order valence-corrected chi connectivity index (χ0v) is 18.3. The standard InChI is InChI=1S/C18H28N4O10/c1-10(23)21-15-17(31-13(4)26)16(30-12(3)25)14(9-29-11(2)24)32-18(15)28-8-7-27-6-5-20-22-19/h14-18H,5-9H2,1-4H3,(H,21,23)/t14-,15-,16-,17-,18-/m1/s1. The summed E-state index contributed by atoms with van der Waals surface area (Å²) in [6, 6.07) is -1.04. The van der Waals surface area contributed by atoms with Crippen molar-refractivity contribution < 1.29 is 47.6 Å². The Kier molecular flexibility index (Phi) is 12.0.